The van der Waals surface area contributed by atoms with Gasteiger partial charge in [-0.1, -0.05) is 18.2 Å². The van der Waals surface area contributed by atoms with E-state index in [0.29, 0.717) is 5.56 Å². The molecule has 2 N–H and O–H groups in total. The Balaban J connectivity index is 2.02. The molecule has 2 nitrogen and oxygen atoms in total. The van der Waals surface area contributed by atoms with Gasteiger partial charge in [-0.25, -0.2) is 4.39 Å². The van der Waals surface area contributed by atoms with E-state index in [-0.39, 0.29) is 12.4 Å². The zero-order chi connectivity index (χ0) is 12.5. The maximum atomic E-state index is 13.7. The van der Waals surface area contributed by atoms with Gasteiger partial charge in [-0.3, -0.25) is 0 Å². The average molecular weight is 243 g/mol. The van der Waals surface area contributed by atoms with E-state index in [2.05, 4.69) is 6.07 Å². The summed E-state index contributed by atoms with van der Waals surface area (Å²) in [7, 11) is 0. The molecular formula is C15H14FNO. The van der Waals surface area contributed by atoms with Crippen LogP contribution < -0.4 is 10.5 Å². The van der Waals surface area contributed by atoms with E-state index in [4.69, 9.17) is 10.5 Å². The molecule has 92 valence electrons. The molecule has 1 aliphatic heterocycles. The molecule has 0 unspecified atom stereocenters. The highest BCUT2D eigenvalue weighted by Crippen LogP contribution is 2.31. The fraction of sp³-hybridized carbons (Fsp3) is 0.200. The van der Waals surface area contributed by atoms with Crippen LogP contribution in [0.3, 0.4) is 0 Å². The minimum absolute atomic E-state index is 0.226. The maximum Gasteiger partial charge on any atom is 0.128 e. The lowest BCUT2D eigenvalue weighted by atomic mass is 10.0. The monoisotopic (exact) mass is 243 g/mol. The van der Waals surface area contributed by atoms with Crippen LogP contribution in [0.5, 0.6) is 5.75 Å². The summed E-state index contributed by atoms with van der Waals surface area (Å²) in [5, 5.41) is 0. The van der Waals surface area contributed by atoms with E-state index in [0.717, 1.165) is 29.9 Å². The Morgan fingerprint density at radius 2 is 1.89 bits per heavy atom. The minimum Gasteiger partial charge on any atom is -0.493 e. The summed E-state index contributed by atoms with van der Waals surface area (Å²) < 4.78 is 19.2. The van der Waals surface area contributed by atoms with Crippen LogP contribution in [0.1, 0.15) is 11.1 Å². The minimum atomic E-state index is -0.244. The van der Waals surface area contributed by atoms with Gasteiger partial charge in [-0.05, 0) is 34.9 Å². The van der Waals surface area contributed by atoms with Gasteiger partial charge in [0.15, 0.2) is 0 Å². The van der Waals surface area contributed by atoms with Crippen molar-refractivity contribution in [2.75, 3.05) is 6.61 Å². The van der Waals surface area contributed by atoms with Gasteiger partial charge in [0.1, 0.15) is 11.6 Å². The summed E-state index contributed by atoms with van der Waals surface area (Å²) in [6.45, 7) is 0.962. The van der Waals surface area contributed by atoms with Crippen molar-refractivity contribution < 1.29 is 9.13 Å². The molecule has 0 fully saturated rings. The summed E-state index contributed by atoms with van der Waals surface area (Å²) in [5.74, 6) is 0.699. The first kappa shape index (κ1) is 11.2. The molecule has 0 saturated heterocycles. The normalized spacial score (nSPS) is 13.2. The Hall–Kier alpha value is -1.87. The molecule has 0 amide bonds. The van der Waals surface area contributed by atoms with E-state index >= 15 is 0 Å². The van der Waals surface area contributed by atoms with Gasteiger partial charge >= 0.3 is 0 Å². The number of hydrogen-bond donors (Lipinski definition) is 1. The van der Waals surface area contributed by atoms with Crippen LogP contribution in [0.2, 0.25) is 0 Å². The molecule has 1 aliphatic rings. The summed E-state index contributed by atoms with van der Waals surface area (Å²) in [4.78, 5) is 0. The third kappa shape index (κ3) is 1.87. The number of fused-ring (bicyclic) bond motifs is 1. The highest BCUT2D eigenvalue weighted by Gasteiger charge is 2.13. The lowest BCUT2D eigenvalue weighted by Crippen LogP contribution is -1.99. The maximum absolute atomic E-state index is 13.7. The van der Waals surface area contributed by atoms with Crippen molar-refractivity contribution in [2.24, 2.45) is 5.73 Å². The first-order valence-electron chi connectivity index (χ1n) is 6.02. The highest BCUT2D eigenvalue weighted by molar-refractivity contribution is 5.66. The first-order valence-corrected chi connectivity index (χ1v) is 6.02. The van der Waals surface area contributed by atoms with Crippen LogP contribution in [-0.4, -0.2) is 6.61 Å². The standard InChI is InChI=1S/C15H14FNO/c16-14-8-11(1-2-13(14)9-17)10-3-4-15-12(7-10)5-6-18-15/h1-4,7-8H,5-6,9,17H2. The molecule has 0 bridgehead atoms. The molecule has 18 heavy (non-hydrogen) atoms. The van der Waals surface area contributed by atoms with Gasteiger partial charge in [-0.15, -0.1) is 0 Å². The van der Waals surface area contributed by atoms with Gasteiger partial charge in [0.25, 0.3) is 0 Å². The molecule has 3 rings (SSSR count). The van der Waals surface area contributed by atoms with Crippen LogP contribution >= 0.6 is 0 Å². The Morgan fingerprint density at radius 1 is 1.11 bits per heavy atom. The van der Waals surface area contributed by atoms with E-state index in [1.165, 1.54) is 5.56 Å². The van der Waals surface area contributed by atoms with Gasteiger partial charge in [-0.2, -0.15) is 0 Å². The second-order valence-corrected chi connectivity index (χ2v) is 4.43. The Labute approximate surface area is 105 Å². The molecule has 0 aromatic heterocycles. The topological polar surface area (TPSA) is 35.2 Å². The van der Waals surface area contributed by atoms with E-state index in [9.17, 15) is 4.39 Å². The number of rotatable bonds is 2. The van der Waals surface area contributed by atoms with Crippen LogP contribution in [0.4, 0.5) is 4.39 Å². The van der Waals surface area contributed by atoms with E-state index in [1.54, 1.807) is 12.1 Å². The predicted octanol–water partition coefficient (Wildman–Crippen LogP) is 2.89. The molecule has 0 radical (unpaired) electrons. The smallest absolute Gasteiger partial charge is 0.128 e. The third-order valence-corrected chi connectivity index (χ3v) is 3.30. The number of ether oxygens (including phenoxy) is 1. The van der Waals surface area contributed by atoms with E-state index in [1.807, 2.05) is 18.2 Å². The van der Waals surface area contributed by atoms with Crippen molar-refractivity contribution in [2.45, 2.75) is 13.0 Å². The van der Waals surface area contributed by atoms with Crippen LogP contribution in [0.15, 0.2) is 36.4 Å². The lowest BCUT2D eigenvalue weighted by Gasteiger charge is -2.06. The van der Waals surface area contributed by atoms with Crippen molar-refractivity contribution in [3.8, 4) is 16.9 Å². The zero-order valence-corrected chi connectivity index (χ0v) is 9.95. The quantitative estimate of drug-likeness (QED) is 0.880. The largest absolute Gasteiger partial charge is 0.493 e. The van der Waals surface area contributed by atoms with Crippen LogP contribution in [-0.2, 0) is 13.0 Å². The van der Waals surface area contributed by atoms with Crippen molar-refractivity contribution in [1.29, 1.82) is 0 Å². The van der Waals surface area contributed by atoms with E-state index < -0.39 is 0 Å². The molecular weight excluding hydrogens is 229 g/mol. The molecule has 0 atom stereocenters. The van der Waals surface area contributed by atoms with Gasteiger partial charge in [0.2, 0.25) is 0 Å². The fourth-order valence-electron chi connectivity index (χ4n) is 2.26. The summed E-state index contributed by atoms with van der Waals surface area (Å²) in [6, 6.07) is 11.2. The van der Waals surface area contributed by atoms with Crippen LogP contribution in [0, 0.1) is 5.82 Å². The Morgan fingerprint density at radius 3 is 2.67 bits per heavy atom. The molecule has 3 heteroatoms. The number of benzene rings is 2. The van der Waals surface area contributed by atoms with Crippen molar-refractivity contribution in [1.82, 2.24) is 0 Å². The zero-order valence-electron chi connectivity index (χ0n) is 9.95. The lowest BCUT2D eigenvalue weighted by molar-refractivity contribution is 0.357. The van der Waals surface area contributed by atoms with Crippen molar-refractivity contribution in [3.63, 3.8) is 0 Å². The van der Waals surface area contributed by atoms with Gasteiger partial charge in [0.05, 0.1) is 6.61 Å². The Bertz CT molecular complexity index is 595. The SMILES string of the molecule is NCc1ccc(-c2ccc3c(c2)CCO3)cc1F. The van der Waals surface area contributed by atoms with Gasteiger partial charge in [0, 0.05) is 18.5 Å². The number of halogens is 1. The highest BCUT2D eigenvalue weighted by atomic mass is 19.1. The van der Waals surface area contributed by atoms with Crippen LogP contribution in [0.25, 0.3) is 11.1 Å². The molecule has 0 aliphatic carbocycles. The average Bonchev–Trinajstić information content (AvgIpc) is 2.85. The summed E-state index contributed by atoms with van der Waals surface area (Å²) in [5.41, 5.74) is 9.08. The number of nitrogens with two attached hydrogens (primary N) is 1. The van der Waals surface area contributed by atoms with Crippen molar-refractivity contribution in [3.05, 3.63) is 53.3 Å². The predicted molar refractivity (Wildman–Crippen MR) is 68.9 cm³/mol. The second-order valence-electron chi connectivity index (χ2n) is 4.43. The summed E-state index contributed by atoms with van der Waals surface area (Å²) in [6.07, 6.45) is 0.923. The Kier molecular flexibility index (Phi) is 2.76. The van der Waals surface area contributed by atoms with Gasteiger partial charge < -0.3 is 10.5 Å². The summed E-state index contributed by atoms with van der Waals surface area (Å²) >= 11 is 0. The molecule has 0 spiro atoms. The first-order chi connectivity index (χ1) is 8.78. The molecule has 2 aromatic carbocycles. The molecule has 2 aromatic rings. The molecule has 0 saturated carbocycles. The fourth-order valence-corrected chi connectivity index (χ4v) is 2.26. The second kappa shape index (κ2) is 4.42. The van der Waals surface area contributed by atoms with Crippen molar-refractivity contribution >= 4 is 0 Å². The third-order valence-electron chi connectivity index (χ3n) is 3.30. The number of hydrogen-bond acceptors (Lipinski definition) is 2. The molecule has 1 heterocycles.